The molecule has 0 saturated heterocycles. The molecule has 2 rings (SSSR count). The SMILES string of the molecule is CCC[C@H](NC(=O)C(NC(=O)c1cc[nH+]cc1)[C@@H](C)CC)C(=O)NC(CN[C@@H](C)C(=O)N[C@@H](Cc1ccccc1)C(=O)NCC)CC(C)C. The minimum Gasteiger partial charge on any atom is -0.355 e. The van der Waals surface area contributed by atoms with E-state index in [9.17, 15) is 24.0 Å². The van der Waals surface area contributed by atoms with E-state index in [1.165, 1.54) is 0 Å². The van der Waals surface area contributed by atoms with Crippen LogP contribution in [-0.2, 0) is 25.6 Å². The normalized spacial score (nSPS) is 14.8. The summed E-state index contributed by atoms with van der Waals surface area (Å²) in [6, 6.07) is 9.43. The topological polar surface area (TPSA) is 172 Å². The Balaban J connectivity index is 2.08. The zero-order valence-corrected chi connectivity index (χ0v) is 30.2. The van der Waals surface area contributed by atoms with E-state index in [2.05, 4.69) is 36.9 Å². The molecule has 0 aliphatic carbocycles. The Morgan fingerprint density at radius 3 is 1.98 bits per heavy atom. The summed E-state index contributed by atoms with van der Waals surface area (Å²) in [7, 11) is 0. The molecule has 0 fully saturated rings. The van der Waals surface area contributed by atoms with Crippen LogP contribution in [-0.4, -0.2) is 72.8 Å². The lowest BCUT2D eigenvalue weighted by Gasteiger charge is -2.29. The highest BCUT2D eigenvalue weighted by Crippen LogP contribution is 2.12. The lowest BCUT2D eigenvalue weighted by molar-refractivity contribution is -0.378. The number of hydrogen-bond donors (Lipinski definition) is 6. The van der Waals surface area contributed by atoms with E-state index in [0.29, 0.717) is 50.8 Å². The van der Waals surface area contributed by atoms with Crippen molar-refractivity contribution < 1.29 is 29.0 Å². The van der Waals surface area contributed by atoms with E-state index in [4.69, 9.17) is 0 Å². The van der Waals surface area contributed by atoms with Gasteiger partial charge in [0.05, 0.1) is 11.6 Å². The van der Waals surface area contributed by atoms with Gasteiger partial charge in [-0.25, -0.2) is 4.98 Å². The van der Waals surface area contributed by atoms with Crippen molar-refractivity contribution in [2.75, 3.05) is 13.1 Å². The number of carbonyl (C=O) groups excluding carboxylic acids is 5. The Bertz CT molecular complexity index is 1320. The van der Waals surface area contributed by atoms with Gasteiger partial charge in [-0.3, -0.25) is 24.0 Å². The minimum atomic E-state index is -0.827. The molecule has 12 nitrogen and oxygen atoms in total. The van der Waals surface area contributed by atoms with Crippen LogP contribution >= 0.6 is 0 Å². The highest BCUT2D eigenvalue weighted by Gasteiger charge is 2.31. The van der Waals surface area contributed by atoms with Gasteiger partial charge in [-0.1, -0.05) is 77.8 Å². The van der Waals surface area contributed by atoms with Crippen molar-refractivity contribution in [3.8, 4) is 0 Å². The number of nitrogens with one attached hydrogen (secondary N) is 7. The largest absolute Gasteiger partial charge is 0.355 e. The monoisotopic (exact) mass is 680 g/mol. The third-order valence-electron chi connectivity index (χ3n) is 8.41. The van der Waals surface area contributed by atoms with Crippen molar-refractivity contribution in [3.63, 3.8) is 0 Å². The van der Waals surface area contributed by atoms with Gasteiger partial charge < -0.3 is 31.9 Å². The van der Waals surface area contributed by atoms with Gasteiger partial charge in [-0.15, -0.1) is 0 Å². The molecule has 1 aromatic heterocycles. The molecular weight excluding hydrogens is 622 g/mol. The van der Waals surface area contributed by atoms with Crippen LogP contribution in [0.3, 0.4) is 0 Å². The number of aromatic nitrogens is 1. The van der Waals surface area contributed by atoms with Crippen LogP contribution in [0.2, 0.25) is 0 Å². The summed E-state index contributed by atoms with van der Waals surface area (Å²) in [5.74, 6) is -1.63. The van der Waals surface area contributed by atoms with Crippen LogP contribution in [0.1, 0.15) is 90.1 Å². The third kappa shape index (κ3) is 14.4. The van der Waals surface area contributed by atoms with Crippen LogP contribution in [0.5, 0.6) is 0 Å². The van der Waals surface area contributed by atoms with E-state index in [-0.39, 0.29) is 41.5 Å². The number of carbonyl (C=O) groups is 5. The molecule has 1 heterocycles. The third-order valence-corrected chi connectivity index (χ3v) is 8.41. The molecule has 6 atom stereocenters. The average Bonchev–Trinajstić information content (AvgIpc) is 3.08. The molecule has 0 aliphatic rings. The van der Waals surface area contributed by atoms with E-state index in [1.54, 1.807) is 31.5 Å². The van der Waals surface area contributed by atoms with Crippen LogP contribution in [0.4, 0.5) is 0 Å². The Morgan fingerprint density at radius 2 is 1.39 bits per heavy atom. The quantitative estimate of drug-likeness (QED) is 0.118. The molecule has 7 N–H and O–H groups in total. The molecule has 2 aromatic rings. The molecule has 0 saturated carbocycles. The summed E-state index contributed by atoms with van der Waals surface area (Å²) in [5, 5.41) is 17.7. The molecule has 0 bridgehead atoms. The zero-order chi connectivity index (χ0) is 36.3. The lowest BCUT2D eigenvalue weighted by Crippen LogP contribution is -2.58. The van der Waals surface area contributed by atoms with E-state index < -0.39 is 30.1 Å². The van der Waals surface area contributed by atoms with E-state index in [1.807, 2.05) is 71.9 Å². The first-order chi connectivity index (χ1) is 23.4. The summed E-state index contributed by atoms with van der Waals surface area (Å²) < 4.78 is 0. The molecule has 0 radical (unpaired) electrons. The first-order valence-corrected chi connectivity index (χ1v) is 17.6. The van der Waals surface area contributed by atoms with Gasteiger partial charge in [0, 0.05) is 37.7 Å². The van der Waals surface area contributed by atoms with Crippen molar-refractivity contribution in [1.29, 1.82) is 0 Å². The Kier molecular flexibility index (Phi) is 18.0. The molecule has 0 spiro atoms. The van der Waals surface area contributed by atoms with Gasteiger partial charge in [-0.05, 0) is 44.1 Å². The van der Waals surface area contributed by atoms with E-state index >= 15 is 0 Å². The number of amides is 5. The second-order valence-electron chi connectivity index (χ2n) is 13.1. The maximum atomic E-state index is 13.6. The van der Waals surface area contributed by atoms with Crippen molar-refractivity contribution in [2.45, 2.75) is 111 Å². The summed E-state index contributed by atoms with van der Waals surface area (Å²) in [6.07, 6.45) is 5.98. The molecule has 0 aliphatic heterocycles. The first kappa shape index (κ1) is 40.9. The summed E-state index contributed by atoms with van der Waals surface area (Å²) in [6.45, 7) is 14.2. The van der Waals surface area contributed by atoms with Crippen molar-refractivity contribution in [3.05, 3.63) is 66.0 Å². The Hall–Kier alpha value is -4.32. The summed E-state index contributed by atoms with van der Waals surface area (Å²) in [5.41, 5.74) is 1.35. The van der Waals surface area contributed by atoms with Crippen LogP contribution in [0.25, 0.3) is 0 Å². The first-order valence-electron chi connectivity index (χ1n) is 17.6. The average molecular weight is 681 g/mol. The molecule has 5 amide bonds. The molecule has 12 heteroatoms. The lowest BCUT2D eigenvalue weighted by atomic mass is 9.97. The smallest absolute Gasteiger partial charge is 0.252 e. The van der Waals surface area contributed by atoms with Gasteiger partial charge >= 0.3 is 0 Å². The molecule has 1 aromatic carbocycles. The predicted octanol–water partition coefficient (Wildman–Crippen LogP) is 2.30. The minimum absolute atomic E-state index is 0.171. The van der Waals surface area contributed by atoms with Gasteiger partial charge in [0.15, 0.2) is 12.4 Å². The molecule has 270 valence electrons. The number of benzene rings is 1. The predicted molar refractivity (Wildman–Crippen MR) is 190 cm³/mol. The van der Waals surface area contributed by atoms with Crippen molar-refractivity contribution in [2.24, 2.45) is 11.8 Å². The number of likely N-dealkylation sites (N-methyl/N-ethyl adjacent to an activating group) is 1. The van der Waals surface area contributed by atoms with Crippen LogP contribution in [0.15, 0.2) is 54.9 Å². The maximum Gasteiger partial charge on any atom is 0.252 e. The number of rotatable bonds is 21. The highest BCUT2D eigenvalue weighted by atomic mass is 16.2. The van der Waals surface area contributed by atoms with E-state index in [0.717, 1.165) is 5.56 Å². The molecular formula is C37H58N7O5+. The fraction of sp³-hybridized carbons (Fsp3) is 0.568. The number of hydrogen-bond acceptors (Lipinski definition) is 6. The summed E-state index contributed by atoms with van der Waals surface area (Å²) in [4.78, 5) is 69.0. The Morgan fingerprint density at radius 1 is 0.735 bits per heavy atom. The van der Waals surface area contributed by atoms with Crippen LogP contribution < -0.4 is 36.9 Å². The molecule has 2 unspecified atom stereocenters. The number of aromatic amines is 1. The van der Waals surface area contributed by atoms with Crippen molar-refractivity contribution >= 4 is 29.5 Å². The molecule has 49 heavy (non-hydrogen) atoms. The number of pyridine rings is 1. The van der Waals surface area contributed by atoms with Crippen LogP contribution in [0, 0.1) is 11.8 Å². The summed E-state index contributed by atoms with van der Waals surface area (Å²) >= 11 is 0. The second-order valence-corrected chi connectivity index (χ2v) is 13.1. The van der Waals surface area contributed by atoms with Gasteiger partial charge in [0.2, 0.25) is 23.6 Å². The zero-order valence-electron chi connectivity index (χ0n) is 30.2. The Labute approximate surface area is 291 Å². The second kappa shape index (κ2) is 21.6. The number of H-pyrrole nitrogens is 1. The standard InChI is InChI=1S/C37H57N7O5/c1-8-14-30(42-37(49)32(25(6)9-2)44-34(46)28-17-19-38-20-18-28)36(48)41-29(21-24(4)5)23-40-26(7)33(45)43-31(35(47)39-10-3)22-27-15-12-11-13-16-27/h11-13,15-20,24-26,29-32,40H,8-10,14,21-23H2,1-7H3,(H,39,47)(H,41,48)(H,42,49)(H,43,45)(H,44,46)/p+1/t25-,26-,29?,30-,31-,32?/m0/s1. The van der Waals surface area contributed by atoms with Crippen molar-refractivity contribution in [1.82, 2.24) is 31.9 Å². The fourth-order valence-electron chi connectivity index (χ4n) is 5.41. The highest BCUT2D eigenvalue weighted by molar-refractivity contribution is 5.98. The van der Waals surface area contributed by atoms with Gasteiger partial charge in [0.25, 0.3) is 5.91 Å². The maximum absolute atomic E-state index is 13.6. The van der Waals surface area contributed by atoms with Gasteiger partial charge in [-0.2, -0.15) is 0 Å². The van der Waals surface area contributed by atoms with Gasteiger partial charge in [0.1, 0.15) is 18.1 Å². The fourth-order valence-corrected chi connectivity index (χ4v) is 5.41.